The maximum Gasteiger partial charge on any atom is 0.152 e. The van der Waals surface area contributed by atoms with Gasteiger partial charge >= 0.3 is 0 Å². The van der Waals surface area contributed by atoms with Crippen molar-refractivity contribution >= 4 is 9.84 Å². The number of rotatable bonds is 4. The minimum absolute atomic E-state index is 0.125. The average molecular weight is 235 g/mol. The Bertz CT molecular complexity index is 324. The van der Waals surface area contributed by atoms with Crippen LogP contribution in [0.15, 0.2) is 0 Å². The summed E-state index contributed by atoms with van der Waals surface area (Å²) in [7, 11) is -1.23. The summed E-state index contributed by atoms with van der Waals surface area (Å²) < 4.78 is 27.9. The summed E-state index contributed by atoms with van der Waals surface area (Å²) in [5, 5.41) is 0. The highest BCUT2D eigenvalue weighted by molar-refractivity contribution is 7.91. The van der Waals surface area contributed by atoms with Crippen LogP contribution in [0.25, 0.3) is 0 Å². The molecule has 1 aliphatic heterocycles. The van der Waals surface area contributed by atoms with Gasteiger partial charge in [0.25, 0.3) is 0 Å². The number of ether oxygens (including phenoxy) is 1. The van der Waals surface area contributed by atoms with E-state index in [0.29, 0.717) is 12.8 Å². The molecule has 0 aromatic heterocycles. The molecule has 0 aliphatic carbocycles. The van der Waals surface area contributed by atoms with Crippen LogP contribution in [0.4, 0.5) is 0 Å². The van der Waals surface area contributed by atoms with Crippen LogP contribution in [0.5, 0.6) is 0 Å². The maximum absolute atomic E-state index is 11.3. The molecule has 1 unspecified atom stereocenters. The van der Waals surface area contributed by atoms with Crippen molar-refractivity contribution in [2.24, 2.45) is 5.73 Å². The Kier molecular flexibility index (Phi) is 3.48. The lowest BCUT2D eigenvalue weighted by atomic mass is 9.89. The lowest BCUT2D eigenvalue weighted by Gasteiger charge is -2.29. The molecule has 1 saturated heterocycles. The van der Waals surface area contributed by atoms with Crippen molar-refractivity contribution in [3.05, 3.63) is 0 Å². The Morgan fingerprint density at radius 3 is 2.47 bits per heavy atom. The molecular formula is C10H21NO3S. The second-order valence-corrected chi connectivity index (χ2v) is 7.35. The molecule has 0 spiro atoms. The molecule has 1 atom stereocenters. The van der Waals surface area contributed by atoms with Crippen LogP contribution in [0.1, 0.15) is 33.1 Å². The minimum Gasteiger partial charge on any atom is -0.379 e. The number of methoxy groups -OCH3 is 1. The smallest absolute Gasteiger partial charge is 0.152 e. The Morgan fingerprint density at radius 2 is 2.07 bits per heavy atom. The number of hydrogen-bond acceptors (Lipinski definition) is 4. The van der Waals surface area contributed by atoms with E-state index in [1.165, 1.54) is 0 Å². The van der Waals surface area contributed by atoms with Crippen LogP contribution in [-0.2, 0) is 14.6 Å². The van der Waals surface area contributed by atoms with E-state index >= 15 is 0 Å². The zero-order valence-corrected chi connectivity index (χ0v) is 10.6. The van der Waals surface area contributed by atoms with Gasteiger partial charge in [0, 0.05) is 12.6 Å². The van der Waals surface area contributed by atoms with E-state index in [4.69, 9.17) is 10.5 Å². The highest BCUT2D eigenvalue weighted by atomic mass is 32.2. The largest absolute Gasteiger partial charge is 0.379 e. The van der Waals surface area contributed by atoms with E-state index in [1.54, 1.807) is 7.11 Å². The van der Waals surface area contributed by atoms with Gasteiger partial charge in [-0.15, -0.1) is 0 Å². The Labute approximate surface area is 92.1 Å². The molecule has 0 radical (unpaired) electrons. The fourth-order valence-corrected chi connectivity index (χ4v) is 3.82. The van der Waals surface area contributed by atoms with Gasteiger partial charge in [0.2, 0.25) is 0 Å². The van der Waals surface area contributed by atoms with Crippen LogP contribution in [0.3, 0.4) is 0 Å². The molecule has 0 aromatic carbocycles. The fourth-order valence-electron chi connectivity index (χ4n) is 1.79. The third kappa shape index (κ3) is 3.74. The zero-order valence-electron chi connectivity index (χ0n) is 9.75. The first kappa shape index (κ1) is 12.9. The van der Waals surface area contributed by atoms with Crippen LogP contribution in [0.2, 0.25) is 0 Å². The van der Waals surface area contributed by atoms with Crippen molar-refractivity contribution in [1.82, 2.24) is 0 Å². The van der Waals surface area contributed by atoms with Gasteiger partial charge < -0.3 is 10.5 Å². The SMILES string of the molecule is COC(C)(C)CCC1(N)CCS(=O)(=O)C1. The summed E-state index contributed by atoms with van der Waals surface area (Å²) in [6, 6.07) is 0. The summed E-state index contributed by atoms with van der Waals surface area (Å²) in [5.74, 6) is 0.358. The molecular weight excluding hydrogens is 214 g/mol. The monoisotopic (exact) mass is 235 g/mol. The van der Waals surface area contributed by atoms with Gasteiger partial charge in [-0.25, -0.2) is 8.42 Å². The predicted octanol–water partition coefficient (Wildman–Crippen LogP) is 0.708. The first-order valence-corrected chi connectivity index (χ1v) is 7.05. The van der Waals surface area contributed by atoms with Crippen molar-refractivity contribution in [3.63, 3.8) is 0 Å². The highest BCUT2D eigenvalue weighted by Gasteiger charge is 2.39. The first-order valence-electron chi connectivity index (χ1n) is 5.23. The van der Waals surface area contributed by atoms with Gasteiger partial charge in [0.1, 0.15) is 0 Å². The molecule has 0 saturated carbocycles. The molecule has 0 aromatic rings. The van der Waals surface area contributed by atoms with Crippen LogP contribution in [0, 0.1) is 0 Å². The molecule has 2 N–H and O–H groups in total. The summed E-state index contributed by atoms with van der Waals surface area (Å²) in [4.78, 5) is 0. The summed E-state index contributed by atoms with van der Waals surface area (Å²) in [5.41, 5.74) is 5.31. The van der Waals surface area contributed by atoms with E-state index in [0.717, 1.165) is 6.42 Å². The van der Waals surface area contributed by atoms with E-state index in [9.17, 15) is 8.42 Å². The molecule has 1 fully saturated rings. The van der Waals surface area contributed by atoms with Crippen molar-refractivity contribution in [2.45, 2.75) is 44.2 Å². The molecule has 1 aliphatic rings. The molecule has 90 valence electrons. The van der Waals surface area contributed by atoms with E-state index < -0.39 is 15.4 Å². The molecule has 0 amide bonds. The summed E-state index contributed by atoms with van der Waals surface area (Å²) in [6.45, 7) is 3.97. The Balaban J connectivity index is 2.53. The summed E-state index contributed by atoms with van der Waals surface area (Å²) >= 11 is 0. The van der Waals surface area contributed by atoms with Gasteiger partial charge in [0.05, 0.1) is 17.1 Å². The maximum atomic E-state index is 11.3. The molecule has 1 rings (SSSR count). The second-order valence-electron chi connectivity index (χ2n) is 5.17. The normalized spacial score (nSPS) is 30.7. The molecule has 0 bridgehead atoms. The number of sulfone groups is 1. The Hall–Kier alpha value is -0.130. The topological polar surface area (TPSA) is 69.4 Å². The van der Waals surface area contributed by atoms with Gasteiger partial charge in [0.15, 0.2) is 9.84 Å². The van der Waals surface area contributed by atoms with Crippen molar-refractivity contribution < 1.29 is 13.2 Å². The van der Waals surface area contributed by atoms with Crippen LogP contribution < -0.4 is 5.73 Å². The zero-order chi connectivity index (χ0) is 11.7. The predicted molar refractivity (Wildman–Crippen MR) is 60.5 cm³/mol. The van der Waals surface area contributed by atoms with Crippen LogP contribution >= 0.6 is 0 Å². The van der Waals surface area contributed by atoms with Gasteiger partial charge in [-0.05, 0) is 33.1 Å². The highest BCUT2D eigenvalue weighted by Crippen LogP contribution is 2.28. The van der Waals surface area contributed by atoms with Crippen molar-refractivity contribution in [3.8, 4) is 0 Å². The first-order chi connectivity index (χ1) is 6.68. The average Bonchev–Trinajstić information content (AvgIpc) is 2.39. The van der Waals surface area contributed by atoms with Crippen LogP contribution in [-0.4, -0.2) is 38.2 Å². The molecule has 15 heavy (non-hydrogen) atoms. The van der Waals surface area contributed by atoms with Crippen molar-refractivity contribution in [2.75, 3.05) is 18.6 Å². The Morgan fingerprint density at radius 1 is 1.47 bits per heavy atom. The van der Waals surface area contributed by atoms with E-state index in [-0.39, 0.29) is 17.1 Å². The standard InChI is InChI=1S/C10H21NO3S/c1-9(2,14-3)4-5-10(11)6-7-15(12,13)8-10/h4-8,11H2,1-3H3. The van der Waals surface area contributed by atoms with E-state index in [1.807, 2.05) is 13.8 Å². The van der Waals surface area contributed by atoms with Crippen molar-refractivity contribution in [1.29, 1.82) is 0 Å². The van der Waals surface area contributed by atoms with Gasteiger partial charge in [-0.3, -0.25) is 0 Å². The second kappa shape index (κ2) is 4.03. The third-order valence-corrected chi connectivity index (χ3v) is 5.04. The van der Waals surface area contributed by atoms with Gasteiger partial charge in [-0.1, -0.05) is 0 Å². The quantitative estimate of drug-likeness (QED) is 0.779. The number of hydrogen-bond donors (Lipinski definition) is 1. The van der Waals surface area contributed by atoms with E-state index in [2.05, 4.69) is 0 Å². The minimum atomic E-state index is -2.89. The molecule has 1 heterocycles. The lowest BCUT2D eigenvalue weighted by Crippen LogP contribution is -2.42. The molecule has 4 nitrogen and oxygen atoms in total. The number of nitrogens with two attached hydrogens (primary N) is 1. The summed E-state index contributed by atoms with van der Waals surface area (Å²) in [6.07, 6.45) is 2.07. The third-order valence-electron chi connectivity index (χ3n) is 3.20. The lowest BCUT2D eigenvalue weighted by molar-refractivity contribution is 0.00974. The van der Waals surface area contributed by atoms with Gasteiger partial charge in [-0.2, -0.15) is 0 Å². The fraction of sp³-hybridized carbons (Fsp3) is 1.00. The molecule has 5 heteroatoms.